The number of likely N-dealkylation sites (tertiary alicyclic amines) is 2. The zero-order valence-corrected chi connectivity index (χ0v) is 26.1. The summed E-state index contributed by atoms with van der Waals surface area (Å²) in [5, 5.41) is 15.6. The molecule has 2 saturated heterocycles. The molecule has 0 radical (unpaired) electrons. The van der Waals surface area contributed by atoms with E-state index in [4.69, 9.17) is 4.98 Å². The molecule has 0 aliphatic carbocycles. The minimum atomic E-state index is -2.95. The molecule has 44 heavy (non-hydrogen) atoms. The monoisotopic (exact) mass is 613 g/mol. The summed E-state index contributed by atoms with van der Waals surface area (Å²) in [7, 11) is 3.81. The summed E-state index contributed by atoms with van der Waals surface area (Å²) in [5.74, 6) is -0.685. The molecule has 2 aromatic heterocycles. The van der Waals surface area contributed by atoms with Crippen molar-refractivity contribution in [2.45, 2.75) is 83.4 Å². The molecule has 2 aliphatic heterocycles. The van der Waals surface area contributed by atoms with Crippen LogP contribution in [0.4, 0.5) is 19.0 Å². The number of alkyl halides is 2. The lowest BCUT2D eigenvalue weighted by Gasteiger charge is -2.38. The molecule has 11 heteroatoms. The molecule has 4 heterocycles. The number of benzene rings is 1. The van der Waals surface area contributed by atoms with Crippen LogP contribution in [0.1, 0.15) is 86.4 Å². The van der Waals surface area contributed by atoms with Crippen molar-refractivity contribution in [2.75, 3.05) is 32.0 Å². The number of rotatable bonds is 8. The van der Waals surface area contributed by atoms with Gasteiger partial charge in [0.15, 0.2) is 0 Å². The maximum atomic E-state index is 15.1. The number of anilines is 1. The van der Waals surface area contributed by atoms with Crippen LogP contribution >= 0.6 is 0 Å². The minimum Gasteiger partial charge on any atom is -0.385 e. The molecule has 8 nitrogen and oxygen atoms in total. The summed E-state index contributed by atoms with van der Waals surface area (Å²) in [6.45, 7) is 6.73. The first-order valence-corrected chi connectivity index (χ1v) is 15.4. The minimum absolute atomic E-state index is 0.0732. The third-order valence-corrected chi connectivity index (χ3v) is 9.72. The van der Waals surface area contributed by atoms with Crippen molar-refractivity contribution in [2.24, 2.45) is 7.05 Å². The summed E-state index contributed by atoms with van der Waals surface area (Å²) in [6, 6.07) is 5.32. The summed E-state index contributed by atoms with van der Waals surface area (Å²) in [6.07, 6.45) is 1.30. The molecule has 2 N–H and O–H groups in total. The number of aryl methyl sites for hydroxylation is 3. The van der Waals surface area contributed by atoms with Gasteiger partial charge in [0.25, 0.3) is 12.0 Å². The van der Waals surface area contributed by atoms with Gasteiger partial charge in [-0.2, -0.15) is 0 Å². The predicted octanol–water partition coefficient (Wildman–Crippen LogP) is 5.35. The van der Waals surface area contributed by atoms with E-state index in [9.17, 15) is 23.5 Å². The molecular weight excluding hydrogens is 571 g/mol. The summed E-state index contributed by atoms with van der Waals surface area (Å²) < 4.78 is 43.6. The fourth-order valence-corrected chi connectivity index (χ4v) is 6.96. The smallest absolute Gasteiger partial charge is 0.266 e. The third-order valence-electron chi connectivity index (χ3n) is 9.72. The van der Waals surface area contributed by atoms with Crippen molar-refractivity contribution in [3.05, 3.63) is 68.4 Å². The van der Waals surface area contributed by atoms with Gasteiger partial charge < -0.3 is 24.8 Å². The zero-order valence-electron chi connectivity index (χ0n) is 26.1. The molecule has 5 rings (SSSR count). The highest BCUT2D eigenvalue weighted by Crippen LogP contribution is 2.37. The second-order valence-electron chi connectivity index (χ2n) is 12.5. The molecule has 2 fully saturated rings. The van der Waals surface area contributed by atoms with Gasteiger partial charge in [0.1, 0.15) is 11.6 Å². The summed E-state index contributed by atoms with van der Waals surface area (Å²) >= 11 is 0. The van der Waals surface area contributed by atoms with Crippen LogP contribution in [-0.2, 0) is 23.9 Å². The van der Waals surface area contributed by atoms with Crippen LogP contribution < -0.4 is 10.9 Å². The highest BCUT2D eigenvalue weighted by atomic mass is 19.3. The first-order chi connectivity index (χ1) is 20.8. The molecule has 0 spiro atoms. The van der Waals surface area contributed by atoms with Crippen LogP contribution in [0.25, 0.3) is 10.9 Å². The number of amides is 1. The van der Waals surface area contributed by atoms with E-state index in [0.29, 0.717) is 48.0 Å². The first-order valence-electron chi connectivity index (χ1n) is 15.4. The molecule has 1 aromatic carbocycles. The number of pyridine rings is 2. The first kappa shape index (κ1) is 32.0. The van der Waals surface area contributed by atoms with Gasteiger partial charge in [-0.3, -0.25) is 9.59 Å². The van der Waals surface area contributed by atoms with Crippen molar-refractivity contribution in [1.82, 2.24) is 19.4 Å². The molecular formula is C33H42F3N5O3. The number of carbonyl (C=O) groups is 1. The van der Waals surface area contributed by atoms with Crippen molar-refractivity contribution >= 4 is 22.6 Å². The van der Waals surface area contributed by atoms with Crippen LogP contribution in [-0.4, -0.2) is 63.1 Å². The largest absolute Gasteiger partial charge is 0.385 e. The van der Waals surface area contributed by atoms with E-state index in [-0.39, 0.29) is 35.4 Å². The number of fused-ring (bicyclic) bond motifs is 1. The Morgan fingerprint density at radius 3 is 2.48 bits per heavy atom. The molecule has 238 valence electrons. The Kier molecular flexibility index (Phi) is 9.09. The van der Waals surface area contributed by atoms with Crippen molar-refractivity contribution in [3.63, 3.8) is 0 Å². The molecule has 1 amide bonds. The van der Waals surface area contributed by atoms with E-state index >= 15 is 4.39 Å². The SMILES string of the molecule is CC(=O)N1CCC(O)(c2cc3c(N[C@H](C)c4cccc(C(F)F)c4F)nc(C)c(CC[C@H]4CCCN4C)c3n(C)c2=O)CC1. The normalized spacial score (nSPS) is 19.6. The summed E-state index contributed by atoms with van der Waals surface area (Å²) in [4.78, 5) is 34.8. The Balaban J connectivity index is 1.62. The lowest BCUT2D eigenvalue weighted by Crippen LogP contribution is -2.47. The Hall–Kier alpha value is -3.44. The van der Waals surface area contributed by atoms with Crippen LogP contribution in [0, 0.1) is 12.7 Å². The van der Waals surface area contributed by atoms with Gasteiger partial charge in [0, 0.05) is 55.3 Å². The van der Waals surface area contributed by atoms with E-state index in [1.807, 2.05) is 6.92 Å². The van der Waals surface area contributed by atoms with Gasteiger partial charge in [-0.25, -0.2) is 18.2 Å². The Labute approximate surface area is 255 Å². The Bertz CT molecular complexity index is 1620. The molecule has 3 aromatic rings. The lowest BCUT2D eigenvalue weighted by atomic mass is 9.84. The average Bonchev–Trinajstić information content (AvgIpc) is 3.38. The summed E-state index contributed by atoms with van der Waals surface area (Å²) in [5.41, 5.74) is 0.158. The molecule has 2 atom stereocenters. The number of hydrogen-bond acceptors (Lipinski definition) is 6. The second-order valence-corrected chi connectivity index (χ2v) is 12.5. The zero-order chi connectivity index (χ0) is 31.9. The van der Waals surface area contributed by atoms with Crippen LogP contribution in [0.3, 0.4) is 0 Å². The molecule has 0 saturated carbocycles. The van der Waals surface area contributed by atoms with E-state index in [1.165, 1.54) is 19.1 Å². The highest BCUT2D eigenvalue weighted by molar-refractivity contribution is 5.93. The van der Waals surface area contributed by atoms with Gasteiger partial charge in [-0.1, -0.05) is 18.2 Å². The maximum Gasteiger partial charge on any atom is 0.266 e. The predicted molar refractivity (Wildman–Crippen MR) is 164 cm³/mol. The fraction of sp³-hybridized carbons (Fsp3) is 0.545. The van der Waals surface area contributed by atoms with Crippen LogP contribution in [0.5, 0.6) is 0 Å². The van der Waals surface area contributed by atoms with Gasteiger partial charge >= 0.3 is 0 Å². The van der Waals surface area contributed by atoms with Gasteiger partial charge in [0.2, 0.25) is 5.91 Å². The number of aliphatic hydroxyl groups is 1. The topological polar surface area (TPSA) is 90.7 Å². The number of carbonyl (C=O) groups excluding carboxylic acids is 1. The van der Waals surface area contributed by atoms with E-state index < -0.39 is 29.4 Å². The highest BCUT2D eigenvalue weighted by Gasteiger charge is 2.38. The van der Waals surface area contributed by atoms with Gasteiger partial charge in [-0.15, -0.1) is 0 Å². The van der Waals surface area contributed by atoms with E-state index in [2.05, 4.69) is 17.3 Å². The van der Waals surface area contributed by atoms with Crippen molar-refractivity contribution in [1.29, 1.82) is 0 Å². The van der Waals surface area contributed by atoms with Gasteiger partial charge in [-0.05, 0) is 77.6 Å². The standard InChI is InChI=1S/C33H42F3N5O3/c1-19(23-9-6-10-25(28(23)34)30(35)36)37-31-26-18-27(33(44)13-16-41(17-14-33)21(3)42)32(43)40(5)29(26)24(20(2)38-31)12-11-22-8-7-15-39(22)4/h6,9-10,18-19,22,30,44H,7-8,11-17H2,1-5H3,(H,37,38)/t19-,22-/m1/s1. The Morgan fingerprint density at radius 2 is 1.86 bits per heavy atom. The van der Waals surface area contributed by atoms with E-state index in [1.54, 1.807) is 29.5 Å². The number of aromatic nitrogens is 2. The van der Waals surface area contributed by atoms with Gasteiger partial charge in [0.05, 0.1) is 22.7 Å². The maximum absolute atomic E-state index is 15.1. The molecule has 2 aliphatic rings. The molecule has 0 unspecified atom stereocenters. The number of piperidine rings is 1. The number of nitrogens with one attached hydrogen (secondary N) is 1. The lowest BCUT2D eigenvalue weighted by molar-refractivity contribution is -0.133. The average molecular weight is 614 g/mol. The van der Waals surface area contributed by atoms with Crippen molar-refractivity contribution in [3.8, 4) is 0 Å². The van der Waals surface area contributed by atoms with E-state index in [0.717, 1.165) is 37.4 Å². The number of nitrogens with zero attached hydrogens (tertiary/aromatic N) is 4. The second kappa shape index (κ2) is 12.5. The quantitative estimate of drug-likeness (QED) is 0.356. The number of hydrogen-bond donors (Lipinski definition) is 2. The fourth-order valence-electron chi connectivity index (χ4n) is 6.96. The van der Waals surface area contributed by atoms with Crippen LogP contribution in [0.15, 0.2) is 29.1 Å². The number of halogens is 3. The molecule has 0 bridgehead atoms. The Morgan fingerprint density at radius 1 is 1.18 bits per heavy atom. The van der Waals surface area contributed by atoms with Crippen LogP contribution in [0.2, 0.25) is 0 Å². The third kappa shape index (κ3) is 5.96. The van der Waals surface area contributed by atoms with Crippen molar-refractivity contribution < 1.29 is 23.1 Å².